The molecule has 0 aliphatic heterocycles. The van der Waals surface area contributed by atoms with Crippen LogP contribution >= 0.6 is 7.60 Å². The largest absolute Gasteiger partial charge is 0.332 e. The van der Waals surface area contributed by atoms with Crippen molar-refractivity contribution >= 4 is 7.60 Å². The zero-order valence-corrected chi connectivity index (χ0v) is 8.24. The molecule has 0 aliphatic carbocycles. The van der Waals surface area contributed by atoms with Gasteiger partial charge in [0.05, 0.1) is 12.8 Å². The van der Waals surface area contributed by atoms with Crippen LogP contribution in [0.5, 0.6) is 0 Å². The Morgan fingerprint density at radius 3 is 2.85 bits per heavy atom. The SMILES string of the molecule is C#CCC=CCP(=O)(O)OCC=C. The minimum absolute atomic E-state index is 0.0114. The second-order valence-corrected chi connectivity index (χ2v) is 4.18. The monoisotopic (exact) mass is 200 g/mol. The molecule has 0 saturated carbocycles. The Hall–Kier alpha value is -0.810. The van der Waals surface area contributed by atoms with Crippen LogP contribution in [-0.2, 0) is 9.09 Å². The fourth-order valence-corrected chi connectivity index (χ4v) is 1.44. The van der Waals surface area contributed by atoms with Crippen molar-refractivity contribution in [3.8, 4) is 12.3 Å². The Bertz CT molecular complexity index is 263. The van der Waals surface area contributed by atoms with Gasteiger partial charge in [-0.2, -0.15) is 0 Å². The molecular formula is C9H13O3P. The molecular weight excluding hydrogens is 187 g/mol. The summed E-state index contributed by atoms with van der Waals surface area (Å²) < 4.78 is 15.8. The van der Waals surface area contributed by atoms with Crippen LogP contribution in [0.2, 0.25) is 0 Å². The second kappa shape index (κ2) is 6.68. The zero-order chi connectivity index (χ0) is 10.2. The first-order valence-electron chi connectivity index (χ1n) is 3.78. The average molecular weight is 200 g/mol. The summed E-state index contributed by atoms with van der Waals surface area (Å²) in [6, 6.07) is 0. The third-order valence-corrected chi connectivity index (χ3v) is 2.36. The molecule has 0 amide bonds. The number of rotatable bonds is 6. The van der Waals surface area contributed by atoms with E-state index in [2.05, 4.69) is 17.0 Å². The first-order chi connectivity index (χ1) is 6.12. The summed E-state index contributed by atoms with van der Waals surface area (Å²) in [6.07, 6.45) is 10.1. The molecule has 0 heterocycles. The molecule has 0 aromatic carbocycles. The maximum Gasteiger partial charge on any atom is 0.332 e. The summed E-state index contributed by atoms with van der Waals surface area (Å²) in [4.78, 5) is 9.13. The van der Waals surface area contributed by atoms with E-state index in [-0.39, 0.29) is 12.8 Å². The molecule has 0 radical (unpaired) electrons. The van der Waals surface area contributed by atoms with Crippen molar-refractivity contribution in [1.29, 1.82) is 0 Å². The van der Waals surface area contributed by atoms with E-state index in [0.717, 1.165) is 0 Å². The molecule has 72 valence electrons. The van der Waals surface area contributed by atoms with E-state index in [1.165, 1.54) is 6.08 Å². The molecule has 0 aromatic heterocycles. The lowest BCUT2D eigenvalue weighted by Crippen LogP contribution is -1.92. The topological polar surface area (TPSA) is 46.5 Å². The lowest BCUT2D eigenvalue weighted by molar-refractivity contribution is 0.290. The molecule has 0 aromatic rings. The summed E-state index contributed by atoms with van der Waals surface area (Å²) in [5.74, 6) is 2.38. The predicted molar refractivity (Wildman–Crippen MR) is 53.4 cm³/mol. The minimum Gasteiger partial charge on any atom is -0.324 e. The Morgan fingerprint density at radius 1 is 1.62 bits per heavy atom. The van der Waals surface area contributed by atoms with Crippen LogP contribution in [0.15, 0.2) is 24.8 Å². The van der Waals surface area contributed by atoms with E-state index in [1.807, 2.05) is 0 Å². The highest BCUT2D eigenvalue weighted by Crippen LogP contribution is 2.41. The lowest BCUT2D eigenvalue weighted by Gasteiger charge is -2.07. The van der Waals surface area contributed by atoms with E-state index < -0.39 is 7.60 Å². The third-order valence-electron chi connectivity index (χ3n) is 1.13. The first-order valence-corrected chi connectivity index (χ1v) is 5.54. The molecule has 13 heavy (non-hydrogen) atoms. The predicted octanol–water partition coefficient (Wildman–Crippen LogP) is 1.95. The molecule has 0 rings (SSSR count). The van der Waals surface area contributed by atoms with Crippen molar-refractivity contribution in [1.82, 2.24) is 0 Å². The van der Waals surface area contributed by atoms with Crippen LogP contribution in [0.1, 0.15) is 6.42 Å². The molecule has 0 saturated heterocycles. The number of hydrogen-bond donors (Lipinski definition) is 1. The Kier molecular flexibility index (Phi) is 6.26. The van der Waals surface area contributed by atoms with Gasteiger partial charge in [0.2, 0.25) is 0 Å². The van der Waals surface area contributed by atoms with Crippen molar-refractivity contribution in [2.24, 2.45) is 0 Å². The number of hydrogen-bond acceptors (Lipinski definition) is 2. The van der Waals surface area contributed by atoms with Crippen molar-refractivity contribution in [2.45, 2.75) is 6.42 Å². The van der Waals surface area contributed by atoms with Gasteiger partial charge in [-0.3, -0.25) is 4.57 Å². The molecule has 0 spiro atoms. The molecule has 4 heteroatoms. The lowest BCUT2D eigenvalue weighted by atomic mass is 10.4. The normalized spacial score (nSPS) is 15.1. The Morgan fingerprint density at radius 2 is 2.31 bits per heavy atom. The van der Waals surface area contributed by atoms with E-state index in [1.54, 1.807) is 12.2 Å². The first kappa shape index (κ1) is 12.2. The number of allylic oxidation sites excluding steroid dienone is 2. The zero-order valence-electron chi connectivity index (χ0n) is 7.35. The van der Waals surface area contributed by atoms with Crippen LogP contribution in [0.3, 0.4) is 0 Å². The summed E-state index contributed by atoms with van der Waals surface area (Å²) in [7, 11) is -3.48. The Balaban J connectivity index is 3.82. The molecule has 0 bridgehead atoms. The third kappa shape index (κ3) is 7.55. The summed E-state index contributed by atoms with van der Waals surface area (Å²) >= 11 is 0. The van der Waals surface area contributed by atoms with Gasteiger partial charge in [-0.25, -0.2) is 0 Å². The second-order valence-electron chi connectivity index (χ2n) is 2.28. The van der Waals surface area contributed by atoms with E-state index in [9.17, 15) is 4.57 Å². The molecule has 3 nitrogen and oxygen atoms in total. The molecule has 0 aliphatic rings. The molecule has 1 atom stereocenters. The summed E-state index contributed by atoms with van der Waals surface area (Å²) in [5.41, 5.74) is 0. The highest BCUT2D eigenvalue weighted by molar-refractivity contribution is 7.53. The van der Waals surface area contributed by atoms with Gasteiger partial charge in [0.1, 0.15) is 0 Å². The van der Waals surface area contributed by atoms with E-state index in [0.29, 0.717) is 6.42 Å². The van der Waals surface area contributed by atoms with Crippen LogP contribution in [0.4, 0.5) is 0 Å². The maximum atomic E-state index is 11.1. The summed E-state index contributed by atoms with van der Waals surface area (Å²) in [5, 5.41) is 0. The maximum absolute atomic E-state index is 11.1. The van der Waals surface area contributed by atoms with Gasteiger partial charge in [-0.15, -0.1) is 18.9 Å². The fraction of sp³-hybridized carbons (Fsp3) is 0.333. The van der Waals surface area contributed by atoms with Gasteiger partial charge >= 0.3 is 7.60 Å². The summed E-state index contributed by atoms with van der Waals surface area (Å²) in [6.45, 7) is 3.45. The van der Waals surface area contributed by atoms with E-state index in [4.69, 9.17) is 11.3 Å². The van der Waals surface area contributed by atoms with E-state index >= 15 is 0 Å². The van der Waals surface area contributed by atoms with Gasteiger partial charge in [0, 0.05) is 6.42 Å². The number of terminal acetylenes is 1. The fourth-order valence-electron chi connectivity index (χ4n) is 0.581. The van der Waals surface area contributed by atoms with Gasteiger partial charge in [-0.1, -0.05) is 18.2 Å². The van der Waals surface area contributed by atoms with Gasteiger partial charge in [0.25, 0.3) is 0 Å². The average Bonchev–Trinajstić information content (AvgIpc) is 2.09. The van der Waals surface area contributed by atoms with Gasteiger partial charge in [0.15, 0.2) is 0 Å². The molecule has 1 unspecified atom stereocenters. The van der Waals surface area contributed by atoms with Crippen LogP contribution in [0, 0.1) is 12.3 Å². The van der Waals surface area contributed by atoms with Crippen LogP contribution in [-0.4, -0.2) is 17.7 Å². The highest BCUT2D eigenvalue weighted by atomic mass is 31.2. The quantitative estimate of drug-likeness (QED) is 0.405. The van der Waals surface area contributed by atoms with Crippen molar-refractivity contribution in [3.05, 3.63) is 24.8 Å². The standard InChI is InChI=1S/C9H13O3P/c1-3-5-6-7-9-13(10,11)12-8-4-2/h1,4,6-7H,2,5,8-9H2,(H,10,11). The van der Waals surface area contributed by atoms with Gasteiger partial charge in [-0.05, 0) is 0 Å². The molecule has 1 N–H and O–H groups in total. The Labute approximate surface area is 78.6 Å². The highest BCUT2D eigenvalue weighted by Gasteiger charge is 2.15. The minimum atomic E-state index is -3.48. The van der Waals surface area contributed by atoms with Crippen molar-refractivity contribution in [2.75, 3.05) is 12.8 Å². The van der Waals surface area contributed by atoms with Gasteiger partial charge < -0.3 is 9.42 Å². The van der Waals surface area contributed by atoms with Crippen LogP contribution in [0.25, 0.3) is 0 Å². The van der Waals surface area contributed by atoms with Crippen molar-refractivity contribution < 1.29 is 14.0 Å². The smallest absolute Gasteiger partial charge is 0.324 e. The van der Waals surface area contributed by atoms with Crippen LogP contribution < -0.4 is 0 Å². The van der Waals surface area contributed by atoms with Crippen molar-refractivity contribution in [3.63, 3.8) is 0 Å². The molecule has 0 fully saturated rings.